The van der Waals surface area contributed by atoms with E-state index in [1.165, 1.54) is 0 Å². The van der Waals surface area contributed by atoms with Crippen LogP contribution in [0.2, 0.25) is 5.02 Å². The Bertz CT molecular complexity index is 380. The third-order valence-corrected chi connectivity index (χ3v) is 2.30. The van der Waals surface area contributed by atoms with Gasteiger partial charge < -0.3 is 15.7 Å². The molecule has 0 aliphatic rings. The van der Waals surface area contributed by atoms with Gasteiger partial charge in [0, 0.05) is 0 Å². The van der Waals surface area contributed by atoms with E-state index in [9.17, 15) is 4.79 Å². The van der Waals surface area contributed by atoms with Gasteiger partial charge in [-0.25, -0.2) is 4.79 Å². The van der Waals surface area contributed by atoms with Crippen LogP contribution in [0.5, 0.6) is 0 Å². The first-order valence-corrected chi connectivity index (χ1v) is 5.27. The van der Waals surface area contributed by atoms with Crippen LogP contribution in [0, 0.1) is 0 Å². The summed E-state index contributed by atoms with van der Waals surface area (Å²) in [4.78, 5) is 11.5. The van der Waals surface area contributed by atoms with Gasteiger partial charge in [-0.15, -0.1) is 0 Å². The number of anilines is 1. The largest absolute Gasteiger partial charge is 0.394 e. The molecule has 0 spiro atoms. The van der Waals surface area contributed by atoms with Crippen molar-refractivity contribution in [1.82, 2.24) is 5.32 Å². The van der Waals surface area contributed by atoms with Crippen molar-refractivity contribution >= 4 is 23.3 Å². The molecule has 1 rings (SSSR count). The Morgan fingerprint density at radius 3 is 2.62 bits per heavy atom. The molecule has 0 saturated carbocycles. The van der Waals surface area contributed by atoms with Gasteiger partial charge in [0.05, 0.1) is 22.9 Å². The number of carbonyl (C=O) groups excluding carboxylic acids is 1. The minimum atomic E-state index is -0.661. The lowest BCUT2D eigenvalue weighted by Crippen LogP contribution is -2.48. The summed E-state index contributed by atoms with van der Waals surface area (Å²) in [5, 5.41) is 14.7. The number of nitrogens with one attached hydrogen (secondary N) is 2. The van der Waals surface area contributed by atoms with Crippen LogP contribution in [0.15, 0.2) is 24.3 Å². The van der Waals surface area contributed by atoms with E-state index in [4.69, 9.17) is 16.7 Å². The van der Waals surface area contributed by atoms with Gasteiger partial charge in [0.2, 0.25) is 0 Å². The number of urea groups is 1. The molecule has 1 aromatic carbocycles. The van der Waals surface area contributed by atoms with Crippen molar-refractivity contribution in [1.29, 1.82) is 0 Å². The Kier molecular flexibility index (Phi) is 4.15. The normalized spacial score (nSPS) is 11.0. The van der Waals surface area contributed by atoms with Gasteiger partial charge >= 0.3 is 6.03 Å². The summed E-state index contributed by atoms with van der Waals surface area (Å²) in [5.41, 5.74) is -0.124. The third-order valence-electron chi connectivity index (χ3n) is 1.97. The monoisotopic (exact) mass is 242 g/mol. The zero-order chi connectivity index (χ0) is 12.2. The highest BCUT2D eigenvalue weighted by atomic mass is 35.5. The number of halogens is 1. The van der Waals surface area contributed by atoms with Crippen molar-refractivity contribution in [3.8, 4) is 0 Å². The molecule has 0 bridgehead atoms. The van der Waals surface area contributed by atoms with Crippen LogP contribution in [0.4, 0.5) is 10.5 Å². The lowest BCUT2D eigenvalue weighted by Gasteiger charge is -2.23. The van der Waals surface area contributed by atoms with Crippen LogP contribution in [-0.2, 0) is 0 Å². The molecule has 0 radical (unpaired) electrons. The van der Waals surface area contributed by atoms with Crippen LogP contribution in [0.25, 0.3) is 0 Å². The minimum Gasteiger partial charge on any atom is -0.394 e. The number of aliphatic hydroxyl groups excluding tert-OH is 1. The number of aliphatic hydroxyl groups is 1. The van der Waals surface area contributed by atoms with Gasteiger partial charge in [-0.2, -0.15) is 0 Å². The molecule has 0 heterocycles. The predicted octanol–water partition coefficient (Wildman–Crippen LogP) is 2.23. The second-order valence-corrected chi connectivity index (χ2v) is 4.51. The molecule has 0 atom stereocenters. The summed E-state index contributed by atoms with van der Waals surface area (Å²) in [6.07, 6.45) is 0. The molecule has 5 heteroatoms. The van der Waals surface area contributed by atoms with E-state index < -0.39 is 11.6 Å². The van der Waals surface area contributed by atoms with Crippen LogP contribution < -0.4 is 10.6 Å². The highest BCUT2D eigenvalue weighted by Crippen LogP contribution is 2.20. The van der Waals surface area contributed by atoms with Gasteiger partial charge in [-0.05, 0) is 26.0 Å². The first-order chi connectivity index (χ1) is 7.44. The predicted molar refractivity (Wildman–Crippen MR) is 64.8 cm³/mol. The Balaban J connectivity index is 2.62. The topological polar surface area (TPSA) is 61.4 Å². The first-order valence-electron chi connectivity index (χ1n) is 4.89. The molecule has 0 aromatic heterocycles. The average molecular weight is 243 g/mol. The van der Waals surface area contributed by atoms with Crippen LogP contribution in [0.3, 0.4) is 0 Å². The molecule has 0 fully saturated rings. The summed E-state index contributed by atoms with van der Waals surface area (Å²) in [6, 6.07) is 6.55. The highest BCUT2D eigenvalue weighted by Gasteiger charge is 2.19. The van der Waals surface area contributed by atoms with E-state index in [0.717, 1.165) is 0 Å². The van der Waals surface area contributed by atoms with E-state index in [1.807, 2.05) is 0 Å². The van der Waals surface area contributed by atoms with E-state index in [2.05, 4.69) is 10.6 Å². The van der Waals surface area contributed by atoms with Crippen LogP contribution in [-0.4, -0.2) is 23.3 Å². The quantitative estimate of drug-likeness (QED) is 0.761. The Hall–Kier alpha value is -1.26. The lowest BCUT2D eigenvalue weighted by atomic mass is 10.1. The molecule has 4 nitrogen and oxygen atoms in total. The van der Waals surface area contributed by atoms with Gasteiger partial charge in [-0.1, -0.05) is 23.7 Å². The molecule has 16 heavy (non-hydrogen) atoms. The molecule has 1 aromatic rings. The maximum atomic E-state index is 11.5. The molecule has 0 saturated heterocycles. The average Bonchev–Trinajstić information content (AvgIpc) is 2.21. The summed E-state index contributed by atoms with van der Waals surface area (Å²) in [7, 11) is 0. The van der Waals surface area contributed by atoms with E-state index in [1.54, 1.807) is 38.1 Å². The SMILES string of the molecule is CC(C)(CO)NC(=O)Nc1ccccc1Cl. The number of amides is 2. The van der Waals surface area contributed by atoms with Gasteiger partial charge in [0.15, 0.2) is 0 Å². The fraction of sp³-hybridized carbons (Fsp3) is 0.364. The molecule has 2 amide bonds. The zero-order valence-corrected chi connectivity index (χ0v) is 10.0. The van der Waals surface area contributed by atoms with Crippen LogP contribution in [0.1, 0.15) is 13.8 Å². The summed E-state index contributed by atoms with van der Waals surface area (Å²) >= 11 is 5.88. The molecule has 3 N–H and O–H groups in total. The van der Waals surface area contributed by atoms with Gasteiger partial charge in [0.25, 0.3) is 0 Å². The molecule has 88 valence electrons. The van der Waals surface area contributed by atoms with E-state index in [-0.39, 0.29) is 6.61 Å². The van der Waals surface area contributed by atoms with Crippen molar-refractivity contribution < 1.29 is 9.90 Å². The van der Waals surface area contributed by atoms with Crippen molar-refractivity contribution in [2.45, 2.75) is 19.4 Å². The first kappa shape index (κ1) is 12.8. The van der Waals surface area contributed by atoms with E-state index >= 15 is 0 Å². The third kappa shape index (κ3) is 3.72. The van der Waals surface area contributed by atoms with Gasteiger partial charge in [0.1, 0.15) is 0 Å². The molecule has 0 unspecified atom stereocenters. The second-order valence-electron chi connectivity index (χ2n) is 4.10. The van der Waals surface area contributed by atoms with Crippen molar-refractivity contribution in [2.75, 3.05) is 11.9 Å². The number of para-hydroxylation sites is 1. The van der Waals surface area contributed by atoms with E-state index in [0.29, 0.717) is 10.7 Å². The maximum Gasteiger partial charge on any atom is 0.319 e. The fourth-order valence-corrected chi connectivity index (χ4v) is 1.25. The molecular weight excluding hydrogens is 228 g/mol. The smallest absolute Gasteiger partial charge is 0.319 e. The Labute approximate surface area is 99.6 Å². The standard InChI is InChI=1S/C11H15ClN2O2/c1-11(2,7-15)14-10(16)13-9-6-4-3-5-8(9)12/h3-6,15H,7H2,1-2H3,(H2,13,14,16). The number of benzene rings is 1. The highest BCUT2D eigenvalue weighted by molar-refractivity contribution is 6.33. The number of rotatable bonds is 3. The second kappa shape index (κ2) is 5.18. The number of hydrogen-bond donors (Lipinski definition) is 3. The summed E-state index contributed by atoms with van der Waals surface area (Å²) in [6.45, 7) is 3.31. The molecule has 0 aliphatic carbocycles. The molecule has 0 aliphatic heterocycles. The zero-order valence-electron chi connectivity index (χ0n) is 9.25. The Morgan fingerprint density at radius 2 is 2.06 bits per heavy atom. The lowest BCUT2D eigenvalue weighted by molar-refractivity contribution is 0.187. The minimum absolute atomic E-state index is 0.136. The summed E-state index contributed by atoms with van der Waals surface area (Å²) in [5.74, 6) is 0. The van der Waals surface area contributed by atoms with Crippen molar-refractivity contribution in [3.63, 3.8) is 0 Å². The number of hydrogen-bond acceptors (Lipinski definition) is 2. The van der Waals surface area contributed by atoms with Crippen LogP contribution >= 0.6 is 11.6 Å². The molecular formula is C11H15ClN2O2. The maximum absolute atomic E-state index is 11.5. The fourth-order valence-electron chi connectivity index (χ4n) is 1.06. The van der Waals surface area contributed by atoms with Crippen molar-refractivity contribution in [3.05, 3.63) is 29.3 Å². The Morgan fingerprint density at radius 1 is 1.44 bits per heavy atom. The summed E-state index contributed by atoms with van der Waals surface area (Å²) < 4.78 is 0. The number of carbonyl (C=O) groups is 1. The van der Waals surface area contributed by atoms with Crippen molar-refractivity contribution in [2.24, 2.45) is 0 Å². The van der Waals surface area contributed by atoms with Gasteiger partial charge in [-0.3, -0.25) is 0 Å².